The number of halogens is 1. The first-order valence-corrected chi connectivity index (χ1v) is 10.5. The number of para-hydroxylation sites is 3. The molecule has 0 atom stereocenters. The van der Waals surface area contributed by atoms with E-state index in [2.05, 4.69) is 15.5 Å². The number of anilines is 1. The molecular weight excluding hydrogens is 415 g/mol. The molecule has 0 aliphatic heterocycles. The summed E-state index contributed by atoms with van der Waals surface area (Å²) >= 11 is 1.21. The molecule has 4 rings (SSSR count). The predicted molar refractivity (Wildman–Crippen MR) is 119 cm³/mol. The predicted octanol–water partition coefficient (Wildman–Crippen LogP) is 4.81. The standard InChI is InChI=1S/C23H19FN4O2S/c1-30-20-14-8-7-13-19(20)28-22(17-11-5-6-12-18(17)24)26-27-23(28)31-15-21(29)25-16-9-3-2-4-10-16/h2-14H,15H2,1H3,(H,25,29). The third-order valence-corrected chi connectivity index (χ3v) is 5.39. The quantitative estimate of drug-likeness (QED) is 0.423. The highest BCUT2D eigenvalue weighted by atomic mass is 32.2. The highest BCUT2D eigenvalue weighted by Gasteiger charge is 2.21. The molecular formula is C23H19FN4O2S. The minimum Gasteiger partial charge on any atom is -0.495 e. The maximum atomic E-state index is 14.5. The highest BCUT2D eigenvalue weighted by molar-refractivity contribution is 7.99. The molecule has 6 nitrogen and oxygen atoms in total. The molecule has 0 unspecified atom stereocenters. The Morgan fingerprint density at radius 3 is 2.48 bits per heavy atom. The third-order valence-electron chi connectivity index (χ3n) is 4.46. The molecule has 8 heteroatoms. The van der Waals surface area contributed by atoms with Crippen LogP contribution in [0.5, 0.6) is 5.75 Å². The summed E-state index contributed by atoms with van der Waals surface area (Å²) in [6.07, 6.45) is 0. The number of amides is 1. The van der Waals surface area contributed by atoms with Crippen molar-refractivity contribution >= 4 is 23.4 Å². The second-order valence-corrected chi connectivity index (χ2v) is 7.44. The molecule has 0 bridgehead atoms. The van der Waals surface area contributed by atoms with Gasteiger partial charge in [0, 0.05) is 5.69 Å². The molecule has 1 heterocycles. The fourth-order valence-corrected chi connectivity index (χ4v) is 3.81. The first-order valence-electron chi connectivity index (χ1n) is 9.49. The summed E-state index contributed by atoms with van der Waals surface area (Å²) in [7, 11) is 1.56. The molecule has 1 amide bonds. The van der Waals surface area contributed by atoms with Gasteiger partial charge in [0.25, 0.3) is 0 Å². The lowest BCUT2D eigenvalue weighted by Gasteiger charge is -2.14. The minimum absolute atomic E-state index is 0.111. The van der Waals surface area contributed by atoms with Crippen LogP contribution in [0, 0.1) is 5.82 Å². The van der Waals surface area contributed by atoms with Crippen molar-refractivity contribution in [2.24, 2.45) is 0 Å². The van der Waals surface area contributed by atoms with Crippen LogP contribution < -0.4 is 10.1 Å². The number of nitrogens with one attached hydrogen (secondary N) is 1. The molecule has 1 aromatic heterocycles. The average molecular weight is 434 g/mol. The average Bonchev–Trinajstić information content (AvgIpc) is 3.22. The Hall–Kier alpha value is -3.65. The van der Waals surface area contributed by atoms with Crippen LogP contribution in [0.15, 0.2) is 84.0 Å². The molecule has 156 valence electrons. The number of rotatable bonds is 7. The SMILES string of the molecule is COc1ccccc1-n1c(SCC(=O)Nc2ccccc2)nnc1-c1ccccc1F. The van der Waals surface area contributed by atoms with Gasteiger partial charge >= 0.3 is 0 Å². The normalized spacial score (nSPS) is 10.6. The number of aromatic nitrogens is 3. The molecule has 0 radical (unpaired) electrons. The lowest BCUT2D eigenvalue weighted by atomic mass is 10.2. The van der Waals surface area contributed by atoms with Crippen LogP contribution in [0.4, 0.5) is 10.1 Å². The van der Waals surface area contributed by atoms with E-state index in [9.17, 15) is 9.18 Å². The molecule has 0 aliphatic rings. The Morgan fingerprint density at radius 2 is 1.71 bits per heavy atom. The van der Waals surface area contributed by atoms with Crippen molar-refractivity contribution in [3.63, 3.8) is 0 Å². The Labute approximate surface area is 183 Å². The van der Waals surface area contributed by atoms with Gasteiger partial charge in [0.05, 0.1) is 24.1 Å². The molecule has 0 saturated carbocycles. The number of hydrogen-bond acceptors (Lipinski definition) is 5. The number of methoxy groups -OCH3 is 1. The van der Waals surface area contributed by atoms with Crippen molar-refractivity contribution in [2.75, 3.05) is 18.2 Å². The van der Waals surface area contributed by atoms with Crippen LogP contribution >= 0.6 is 11.8 Å². The van der Waals surface area contributed by atoms with Crippen molar-refractivity contribution in [3.8, 4) is 22.8 Å². The van der Waals surface area contributed by atoms with Gasteiger partial charge in [0.2, 0.25) is 5.91 Å². The summed E-state index contributed by atoms with van der Waals surface area (Å²) in [6, 6.07) is 22.9. The van der Waals surface area contributed by atoms with Gasteiger partial charge < -0.3 is 10.1 Å². The van der Waals surface area contributed by atoms with Crippen molar-refractivity contribution in [2.45, 2.75) is 5.16 Å². The van der Waals surface area contributed by atoms with Crippen LogP contribution in [0.3, 0.4) is 0 Å². The highest BCUT2D eigenvalue weighted by Crippen LogP contribution is 2.33. The second kappa shape index (κ2) is 9.44. The second-order valence-electron chi connectivity index (χ2n) is 6.50. The zero-order valence-corrected chi connectivity index (χ0v) is 17.5. The van der Waals surface area contributed by atoms with E-state index < -0.39 is 5.82 Å². The van der Waals surface area contributed by atoms with Gasteiger partial charge in [0.1, 0.15) is 11.6 Å². The Balaban J connectivity index is 1.68. The lowest BCUT2D eigenvalue weighted by molar-refractivity contribution is -0.113. The van der Waals surface area contributed by atoms with Gasteiger partial charge in [0.15, 0.2) is 11.0 Å². The van der Waals surface area contributed by atoms with E-state index in [0.717, 1.165) is 0 Å². The minimum atomic E-state index is -0.413. The number of thioether (sulfide) groups is 1. The van der Waals surface area contributed by atoms with Crippen LogP contribution in [0.25, 0.3) is 17.1 Å². The molecule has 4 aromatic rings. The van der Waals surface area contributed by atoms with E-state index in [1.807, 2.05) is 48.5 Å². The number of carbonyl (C=O) groups is 1. The number of benzene rings is 3. The smallest absolute Gasteiger partial charge is 0.234 e. The van der Waals surface area contributed by atoms with Crippen LogP contribution in [0.1, 0.15) is 0 Å². The van der Waals surface area contributed by atoms with Gasteiger partial charge in [-0.25, -0.2) is 4.39 Å². The topological polar surface area (TPSA) is 69.0 Å². The van der Waals surface area contributed by atoms with Crippen LogP contribution in [-0.2, 0) is 4.79 Å². The molecule has 31 heavy (non-hydrogen) atoms. The van der Waals surface area contributed by atoms with Gasteiger partial charge in [-0.1, -0.05) is 54.2 Å². The summed E-state index contributed by atoms with van der Waals surface area (Å²) in [6.45, 7) is 0. The van der Waals surface area contributed by atoms with Gasteiger partial charge in [-0.2, -0.15) is 0 Å². The molecule has 0 aliphatic carbocycles. The van der Waals surface area contributed by atoms with Crippen LogP contribution in [-0.4, -0.2) is 33.5 Å². The van der Waals surface area contributed by atoms with Gasteiger partial charge in [-0.05, 0) is 36.4 Å². The zero-order chi connectivity index (χ0) is 21.6. The third kappa shape index (κ3) is 4.59. The van der Waals surface area contributed by atoms with E-state index in [0.29, 0.717) is 33.7 Å². The number of nitrogens with zero attached hydrogens (tertiary/aromatic N) is 3. The Kier molecular flexibility index (Phi) is 6.28. The van der Waals surface area contributed by atoms with E-state index in [-0.39, 0.29) is 11.7 Å². The number of ether oxygens (including phenoxy) is 1. The lowest BCUT2D eigenvalue weighted by Crippen LogP contribution is -2.14. The fraction of sp³-hybridized carbons (Fsp3) is 0.0870. The monoisotopic (exact) mass is 434 g/mol. The molecule has 0 spiro atoms. The van der Waals surface area contributed by atoms with Crippen molar-refractivity contribution in [1.82, 2.24) is 14.8 Å². The first-order chi connectivity index (χ1) is 15.2. The number of carbonyl (C=O) groups excluding carboxylic acids is 1. The maximum absolute atomic E-state index is 14.5. The Bertz CT molecular complexity index is 1200. The Morgan fingerprint density at radius 1 is 1.00 bits per heavy atom. The largest absolute Gasteiger partial charge is 0.495 e. The van der Waals surface area contributed by atoms with Crippen LogP contribution in [0.2, 0.25) is 0 Å². The summed E-state index contributed by atoms with van der Waals surface area (Å²) < 4.78 is 21.7. The van der Waals surface area contributed by atoms with Crippen molar-refractivity contribution in [3.05, 3.63) is 84.7 Å². The van der Waals surface area contributed by atoms with Gasteiger partial charge in [-0.3, -0.25) is 9.36 Å². The van der Waals surface area contributed by atoms with E-state index in [4.69, 9.17) is 4.74 Å². The first kappa shape index (κ1) is 20.6. The maximum Gasteiger partial charge on any atom is 0.234 e. The van der Waals surface area contributed by atoms with E-state index in [1.54, 1.807) is 35.9 Å². The summed E-state index contributed by atoms with van der Waals surface area (Å²) in [4.78, 5) is 12.4. The summed E-state index contributed by atoms with van der Waals surface area (Å²) in [5.74, 6) is 0.422. The van der Waals surface area contributed by atoms with Crippen molar-refractivity contribution < 1.29 is 13.9 Å². The molecule has 0 fully saturated rings. The van der Waals surface area contributed by atoms with E-state index in [1.165, 1.54) is 17.8 Å². The molecule has 1 N–H and O–H groups in total. The molecule has 0 saturated heterocycles. The summed E-state index contributed by atoms with van der Waals surface area (Å²) in [5.41, 5.74) is 1.67. The zero-order valence-electron chi connectivity index (χ0n) is 16.7. The summed E-state index contributed by atoms with van der Waals surface area (Å²) in [5, 5.41) is 11.8. The van der Waals surface area contributed by atoms with Crippen molar-refractivity contribution in [1.29, 1.82) is 0 Å². The number of hydrogen-bond donors (Lipinski definition) is 1. The fourth-order valence-electron chi connectivity index (χ4n) is 3.06. The van der Waals surface area contributed by atoms with E-state index >= 15 is 0 Å². The molecule has 3 aromatic carbocycles. The van der Waals surface area contributed by atoms with Gasteiger partial charge in [-0.15, -0.1) is 10.2 Å².